The summed E-state index contributed by atoms with van der Waals surface area (Å²) < 4.78 is 0. The van der Waals surface area contributed by atoms with Gasteiger partial charge in [-0.2, -0.15) is 0 Å². The molecule has 2 N–H and O–H groups in total. The van der Waals surface area contributed by atoms with Crippen molar-refractivity contribution in [3.63, 3.8) is 0 Å². The molecular weight excluding hydrogens is 248 g/mol. The molecule has 2 fully saturated rings. The van der Waals surface area contributed by atoms with Crippen LogP contribution in [0.15, 0.2) is 0 Å². The lowest BCUT2D eigenvalue weighted by Crippen LogP contribution is -2.52. The van der Waals surface area contributed by atoms with Gasteiger partial charge in [0.05, 0.1) is 5.60 Å². The van der Waals surface area contributed by atoms with Crippen molar-refractivity contribution in [3.05, 3.63) is 0 Å². The smallest absolute Gasteiger partial charge is 0.0746 e. The first-order valence-electron chi connectivity index (χ1n) is 8.60. The van der Waals surface area contributed by atoms with Gasteiger partial charge in [0.2, 0.25) is 0 Å². The zero-order chi connectivity index (χ0) is 14.6. The van der Waals surface area contributed by atoms with E-state index in [1.807, 2.05) is 6.92 Å². The van der Waals surface area contributed by atoms with Gasteiger partial charge in [-0.05, 0) is 57.0 Å². The number of piperidine rings is 1. The van der Waals surface area contributed by atoms with Gasteiger partial charge in [0, 0.05) is 19.6 Å². The van der Waals surface area contributed by atoms with Crippen LogP contribution in [0.25, 0.3) is 0 Å². The minimum Gasteiger partial charge on any atom is -0.389 e. The molecule has 3 nitrogen and oxygen atoms in total. The highest BCUT2D eigenvalue weighted by molar-refractivity contribution is 4.92. The predicted molar refractivity (Wildman–Crippen MR) is 84.9 cm³/mol. The molecule has 0 bridgehead atoms. The van der Waals surface area contributed by atoms with Crippen LogP contribution in [0.5, 0.6) is 0 Å². The van der Waals surface area contributed by atoms with Crippen LogP contribution in [-0.2, 0) is 0 Å². The van der Waals surface area contributed by atoms with Gasteiger partial charge in [-0.3, -0.25) is 4.90 Å². The summed E-state index contributed by atoms with van der Waals surface area (Å²) in [4.78, 5) is 2.53. The van der Waals surface area contributed by atoms with Crippen molar-refractivity contribution >= 4 is 0 Å². The normalized spacial score (nSPS) is 39.9. The zero-order valence-corrected chi connectivity index (χ0v) is 13.7. The SMILES string of the molecule is CCNCC1(CN2CCCC(C)(O)C2)CCCC(C)C1. The van der Waals surface area contributed by atoms with E-state index in [0.717, 1.165) is 38.4 Å². The Kier molecular flexibility index (Phi) is 5.49. The molecule has 3 atom stereocenters. The fraction of sp³-hybridized carbons (Fsp3) is 1.00. The molecule has 1 aliphatic carbocycles. The zero-order valence-electron chi connectivity index (χ0n) is 13.7. The number of β-amino-alcohol motifs (C(OH)–C–C–N with tert-alkyl or cyclic N) is 1. The van der Waals surface area contributed by atoms with E-state index in [0.29, 0.717) is 5.41 Å². The topological polar surface area (TPSA) is 35.5 Å². The maximum Gasteiger partial charge on any atom is 0.0746 e. The molecule has 2 rings (SSSR count). The Hall–Kier alpha value is -0.120. The van der Waals surface area contributed by atoms with Crippen molar-refractivity contribution in [1.82, 2.24) is 10.2 Å². The Bertz CT molecular complexity index is 305. The number of aliphatic hydroxyl groups is 1. The van der Waals surface area contributed by atoms with Crippen LogP contribution < -0.4 is 5.32 Å². The molecule has 1 aliphatic heterocycles. The van der Waals surface area contributed by atoms with E-state index in [-0.39, 0.29) is 0 Å². The monoisotopic (exact) mass is 282 g/mol. The Labute approximate surface area is 125 Å². The molecule has 0 amide bonds. The fourth-order valence-corrected chi connectivity index (χ4v) is 4.45. The summed E-state index contributed by atoms with van der Waals surface area (Å²) in [6.45, 7) is 12.0. The number of nitrogens with one attached hydrogen (secondary N) is 1. The summed E-state index contributed by atoms with van der Waals surface area (Å²) in [5, 5.41) is 13.9. The van der Waals surface area contributed by atoms with Crippen molar-refractivity contribution in [1.29, 1.82) is 0 Å². The van der Waals surface area contributed by atoms with Gasteiger partial charge in [-0.15, -0.1) is 0 Å². The number of hydrogen-bond donors (Lipinski definition) is 2. The number of rotatable bonds is 5. The van der Waals surface area contributed by atoms with Gasteiger partial charge >= 0.3 is 0 Å². The molecule has 0 aromatic carbocycles. The molecule has 3 unspecified atom stereocenters. The number of hydrogen-bond acceptors (Lipinski definition) is 3. The molecule has 0 radical (unpaired) electrons. The molecule has 1 heterocycles. The lowest BCUT2D eigenvalue weighted by Gasteiger charge is -2.46. The van der Waals surface area contributed by atoms with Crippen LogP contribution in [0.3, 0.4) is 0 Å². The molecule has 20 heavy (non-hydrogen) atoms. The van der Waals surface area contributed by atoms with Crippen LogP contribution in [0.1, 0.15) is 59.3 Å². The molecule has 2 aliphatic rings. The summed E-state index contributed by atoms with van der Waals surface area (Å²) >= 11 is 0. The minimum atomic E-state index is -0.474. The average Bonchev–Trinajstić information content (AvgIpc) is 2.35. The highest BCUT2D eigenvalue weighted by atomic mass is 16.3. The highest BCUT2D eigenvalue weighted by Crippen LogP contribution is 2.40. The van der Waals surface area contributed by atoms with E-state index in [9.17, 15) is 5.11 Å². The molecule has 0 aromatic heterocycles. The Balaban J connectivity index is 1.99. The van der Waals surface area contributed by atoms with Gasteiger partial charge in [-0.25, -0.2) is 0 Å². The Morgan fingerprint density at radius 1 is 1.30 bits per heavy atom. The Morgan fingerprint density at radius 2 is 2.10 bits per heavy atom. The summed E-state index contributed by atoms with van der Waals surface area (Å²) in [5.74, 6) is 0.854. The van der Waals surface area contributed by atoms with Gasteiger partial charge in [0.25, 0.3) is 0 Å². The third-order valence-electron chi connectivity index (χ3n) is 5.25. The second kappa shape index (κ2) is 6.76. The first kappa shape index (κ1) is 16.3. The summed E-state index contributed by atoms with van der Waals surface area (Å²) in [7, 11) is 0. The van der Waals surface area contributed by atoms with Crippen molar-refractivity contribution in [2.75, 3.05) is 32.7 Å². The Morgan fingerprint density at radius 3 is 2.75 bits per heavy atom. The van der Waals surface area contributed by atoms with E-state index < -0.39 is 5.60 Å². The predicted octanol–water partition coefficient (Wildman–Crippen LogP) is 2.64. The van der Waals surface area contributed by atoms with Gasteiger partial charge < -0.3 is 10.4 Å². The van der Waals surface area contributed by atoms with Crippen LogP contribution in [0.2, 0.25) is 0 Å². The van der Waals surface area contributed by atoms with Crippen molar-refractivity contribution in [2.45, 2.75) is 64.9 Å². The van der Waals surface area contributed by atoms with Crippen molar-refractivity contribution in [3.8, 4) is 0 Å². The number of likely N-dealkylation sites (tertiary alicyclic amines) is 1. The quantitative estimate of drug-likeness (QED) is 0.814. The standard InChI is InChI=1S/C17H34N2O/c1-4-18-12-17(9-5-7-15(2)11-17)14-19-10-6-8-16(3,20)13-19/h15,18,20H,4-14H2,1-3H3. The molecule has 3 heteroatoms. The van der Waals surface area contributed by atoms with E-state index in [2.05, 4.69) is 24.1 Å². The van der Waals surface area contributed by atoms with Crippen molar-refractivity contribution in [2.24, 2.45) is 11.3 Å². The maximum absolute atomic E-state index is 10.3. The summed E-state index contributed by atoms with van der Waals surface area (Å²) in [6, 6.07) is 0. The molecular formula is C17H34N2O. The van der Waals surface area contributed by atoms with Crippen LogP contribution in [0.4, 0.5) is 0 Å². The van der Waals surface area contributed by atoms with Crippen LogP contribution in [-0.4, -0.2) is 48.3 Å². The van der Waals surface area contributed by atoms with E-state index >= 15 is 0 Å². The lowest BCUT2D eigenvalue weighted by atomic mass is 9.69. The second-order valence-electron chi connectivity index (χ2n) is 7.79. The minimum absolute atomic E-state index is 0.432. The molecule has 0 spiro atoms. The summed E-state index contributed by atoms with van der Waals surface area (Å²) in [5.41, 5.74) is -0.0427. The molecule has 118 valence electrons. The van der Waals surface area contributed by atoms with Gasteiger partial charge in [0.15, 0.2) is 0 Å². The maximum atomic E-state index is 10.3. The van der Waals surface area contributed by atoms with Gasteiger partial charge in [-0.1, -0.05) is 26.7 Å². The van der Waals surface area contributed by atoms with E-state index in [1.54, 1.807) is 0 Å². The van der Waals surface area contributed by atoms with Gasteiger partial charge in [0.1, 0.15) is 0 Å². The van der Waals surface area contributed by atoms with Crippen LogP contribution >= 0.6 is 0 Å². The fourth-order valence-electron chi connectivity index (χ4n) is 4.45. The highest BCUT2D eigenvalue weighted by Gasteiger charge is 2.38. The summed E-state index contributed by atoms with van der Waals surface area (Å²) in [6.07, 6.45) is 7.56. The van der Waals surface area contributed by atoms with Crippen LogP contribution in [0, 0.1) is 11.3 Å². The third-order valence-corrected chi connectivity index (χ3v) is 5.25. The largest absolute Gasteiger partial charge is 0.389 e. The molecule has 1 saturated carbocycles. The second-order valence-corrected chi connectivity index (χ2v) is 7.79. The first-order chi connectivity index (χ1) is 9.45. The van der Waals surface area contributed by atoms with E-state index in [1.165, 1.54) is 38.8 Å². The van der Waals surface area contributed by atoms with Crippen molar-refractivity contribution < 1.29 is 5.11 Å². The average molecular weight is 282 g/mol. The first-order valence-corrected chi connectivity index (χ1v) is 8.60. The molecule has 1 saturated heterocycles. The number of nitrogens with zero attached hydrogens (tertiary/aromatic N) is 1. The molecule has 0 aromatic rings. The lowest BCUT2D eigenvalue weighted by molar-refractivity contribution is -0.0354. The third kappa shape index (κ3) is 4.44. The van der Waals surface area contributed by atoms with E-state index in [4.69, 9.17) is 0 Å².